The molecule has 29 heavy (non-hydrogen) atoms. The number of benzene rings is 2. The van der Waals surface area contributed by atoms with E-state index in [0.29, 0.717) is 10.6 Å². The van der Waals surface area contributed by atoms with Crippen LogP contribution in [0.5, 0.6) is 0 Å². The van der Waals surface area contributed by atoms with Gasteiger partial charge in [0.25, 0.3) is 11.1 Å². The second-order valence-electron chi connectivity index (χ2n) is 7.85. The zero-order valence-electron chi connectivity index (χ0n) is 17.1. The van der Waals surface area contributed by atoms with Crippen molar-refractivity contribution in [3.8, 4) is 0 Å². The number of hydrogen-bond acceptors (Lipinski definition) is 4. The van der Waals surface area contributed by atoms with Crippen molar-refractivity contribution >= 4 is 45.9 Å². The molecule has 0 spiro atoms. The van der Waals surface area contributed by atoms with Crippen LogP contribution in [0.3, 0.4) is 0 Å². The van der Waals surface area contributed by atoms with Crippen molar-refractivity contribution in [3.05, 3.63) is 70.6 Å². The minimum atomic E-state index is -0.271. The minimum absolute atomic E-state index is 0.0360. The van der Waals surface area contributed by atoms with E-state index in [0.717, 1.165) is 23.9 Å². The summed E-state index contributed by atoms with van der Waals surface area (Å²) < 4.78 is 0. The lowest BCUT2D eigenvalue weighted by molar-refractivity contribution is -0.113. The van der Waals surface area contributed by atoms with Gasteiger partial charge in [0, 0.05) is 17.8 Å². The molecule has 1 fully saturated rings. The molecule has 0 N–H and O–H groups in total. The number of carbonyl (C=O) groups excluding carboxylic acids is 2. The molecule has 0 unspecified atom stereocenters. The predicted molar refractivity (Wildman–Crippen MR) is 122 cm³/mol. The van der Waals surface area contributed by atoms with E-state index < -0.39 is 0 Å². The van der Waals surface area contributed by atoms with Crippen LogP contribution in [0.4, 0.5) is 16.2 Å². The van der Waals surface area contributed by atoms with Crippen LogP contribution in [0.1, 0.15) is 38.8 Å². The first-order valence-electron chi connectivity index (χ1n) is 9.76. The third kappa shape index (κ3) is 3.40. The highest BCUT2D eigenvalue weighted by atomic mass is 32.2. The molecule has 0 saturated carbocycles. The molecular weight excluding hydrogens is 380 g/mol. The van der Waals surface area contributed by atoms with E-state index in [1.807, 2.05) is 30.3 Å². The van der Waals surface area contributed by atoms with Crippen molar-refractivity contribution in [3.63, 3.8) is 0 Å². The lowest BCUT2D eigenvalue weighted by Crippen LogP contribution is -2.44. The summed E-state index contributed by atoms with van der Waals surface area (Å²) in [6, 6.07) is 15.3. The van der Waals surface area contributed by atoms with Gasteiger partial charge in [0.05, 0.1) is 16.1 Å². The van der Waals surface area contributed by atoms with Crippen molar-refractivity contribution in [2.45, 2.75) is 33.2 Å². The predicted octanol–water partition coefficient (Wildman–Crippen LogP) is 5.95. The molecule has 1 saturated heterocycles. The summed E-state index contributed by atoms with van der Waals surface area (Å²) >= 11 is 0.988. The molecular formula is C24H24N2O2S. The highest BCUT2D eigenvalue weighted by molar-refractivity contribution is 8.19. The third-order valence-corrected chi connectivity index (χ3v) is 6.29. The Balaban J connectivity index is 1.69. The Morgan fingerprint density at radius 1 is 1.07 bits per heavy atom. The number of carbonyl (C=O) groups is 2. The van der Waals surface area contributed by atoms with Gasteiger partial charge >= 0.3 is 0 Å². The first-order valence-corrected chi connectivity index (χ1v) is 10.6. The minimum Gasteiger partial charge on any atom is -0.363 e. The van der Waals surface area contributed by atoms with Crippen molar-refractivity contribution < 1.29 is 9.59 Å². The van der Waals surface area contributed by atoms with Gasteiger partial charge in [-0.1, -0.05) is 30.3 Å². The van der Waals surface area contributed by atoms with Crippen LogP contribution >= 0.6 is 11.8 Å². The Hall–Kier alpha value is -2.79. The Morgan fingerprint density at radius 2 is 1.79 bits per heavy atom. The zero-order valence-corrected chi connectivity index (χ0v) is 17.9. The smallest absolute Gasteiger partial charge is 0.298 e. The fraction of sp³-hybridized carbons (Fsp3) is 0.250. The van der Waals surface area contributed by atoms with E-state index in [-0.39, 0.29) is 16.7 Å². The average Bonchev–Trinajstić information content (AvgIpc) is 2.95. The topological polar surface area (TPSA) is 40.6 Å². The molecule has 2 heterocycles. The van der Waals surface area contributed by atoms with E-state index in [9.17, 15) is 9.59 Å². The maximum atomic E-state index is 12.9. The van der Waals surface area contributed by atoms with E-state index in [1.54, 1.807) is 12.1 Å². The van der Waals surface area contributed by atoms with Crippen LogP contribution in [-0.4, -0.2) is 23.2 Å². The quantitative estimate of drug-likeness (QED) is 0.593. The Bertz CT molecular complexity index is 1050. The normalized spacial score (nSPS) is 19.6. The van der Waals surface area contributed by atoms with E-state index in [1.165, 1.54) is 21.7 Å². The number of fused-ring (bicyclic) bond motifs is 1. The summed E-state index contributed by atoms with van der Waals surface area (Å²) in [5.41, 5.74) is 5.08. The summed E-state index contributed by atoms with van der Waals surface area (Å²) in [4.78, 5) is 29.4. The van der Waals surface area contributed by atoms with Gasteiger partial charge in [0.15, 0.2) is 0 Å². The second kappa shape index (κ2) is 7.23. The van der Waals surface area contributed by atoms with Gasteiger partial charge in [-0.15, -0.1) is 0 Å². The fourth-order valence-electron chi connectivity index (χ4n) is 4.19. The van der Waals surface area contributed by atoms with Crippen LogP contribution in [0.2, 0.25) is 0 Å². The van der Waals surface area contributed by atoms with Gasteiger partial charge in [-0.25, -0.2) is 4.90 Å². The monoisotopic (exact) mass is 404 g/mol. The Kier molecular flexibility index (Phi) is 4.87. The number of likely N-dealkylation sites (N-methyl/N-ethyl adjacent to an activating group) is 1. The molecule has 0 aliphatic carbocycles. The number of nitrogens with zero attached hydrogens (tertiary/aromatic N) is 2. The Morgan fingerprint density at radius 3 is 2.48 bits per heavy atom. The Labute approximate surface area is 175 Å². The molecule has 2 aliphatic heterocycles. The molecule has 0 atom stereocenters. The van der Waals surface area contributed by atoms with E-state index >= 15 is 0 Å². The number of rotatable bonds is 3. The SMILES string of the molecule is CCN1c2ccc(/C=C3/SC(=O)N(c4ccccc4)C3=O)cc2C(C)=CC1(C)C. The molecule has 0 radical (unpaired) electrons. The van der Waals surface area contributed by atoms with Crippen LogP contribution in [0.15, 0.2) is 59.5 Å². The molecule has 2 aromatic rings. The fourth-order valence-corrected chi connectivity index (χ4v) is 5.03. The molecule has 5 heteroatoms. The summed E-state index contributed by atoms with van der Waals surface area (Å²) in [6.07, 6.45) is 4.10. The van der Waals surface area contributed by atoms with Crippen molar-refractivity contribution in [1.82, 2.24) is 0 Å². The number of anilines is 2. The van der Waals surface area contributed by atoms with Gasteiger partial charge in [-0.05, 0) is 80.9 Å². The molecule has 2 amide bonds. The van der Waals surface area contributed by atoms with Gasteiger partial charge in [0.1, 0.15) is 0 Å². The molecule has 4 nitrogen and oxygen atoms in total. The highest BCUT2D eigenvalue weighted by Gasteiger charge is 2.36. The van der Waals surface area contributed by atoms with Crippen molar-refractivity contribution in [2.75, 3.05) is 16.3 Å². The first-order chi connectivity index (χ1) is 13.8. The summed E-state index contributed by atoms with van der Waals surface area (Å²) in [5.74, 6) is -0.271. The van der Waals surface area contributed by atoms with Crippen LogP contribution < -0.4 is 9.80 Å². The van der Waals surface area contributed by atoms with E-state index in [2.05, 4.69) is 50.8 Å². The molecule has 148 valence electrons. The number of hydrogen-bond donors (Lipinski definition) is 0. The number of amides is 2. The molecule has 0 bridgehead atoms. The molecule has 2 aliphatic rings. The van der Waals surface area contributed by atoms with Gasteiger partial charge in [-0.3, -0.25) is 9.59 Å². The standard InChI is InChI=1S/C24H24N2O2S/c1-5-25-20-12-11-17(13-19(20)16(2)15-24(25,3)4)14-21-22(27)26(23(28)29-21)18-9-7-6-8-10-18/h6-15H,5H2,1-4H3/b21-14+. The number of para-hydroxylation sites is 1. The molecule has 0 aromatic heterocycles. The molecule has 2 aromatic carbocycles. The van der Waals surface area contributed by atoms with E-state index in [4.69, 9.17) is 0 Å². The van der Waals surface area contributed by atoms with Gasteiger partial charge < -0.3 is 4.90 Å². The molecule has 4 rings (SSSR count). The van der Waals surface area contributed by atoms with Crippen molar-refractivity contribution in [2.24, 2.45) is 0 Å². The maximum absolute atomic E-state index is 12.9. The van der Waals surface area contributed by atoms with Crippen LogP contribution in [-0.2, 0) is 4.79 Å². The highest BCUT2D eigenvalue weighted by Crippen LogP contribution is 2.40. The zero-order chi connectivity index (χ0) is 20.8. The number of allylic oxidation sites excluding steroid dienone is 1. The van der Waals surface area contributed by atoms with Crippen LogP contribution in [0.25, 0.3) is 11.6 Å². The van der Waals surface area contributed by atoms with Gasteiger partial charge in [0.2, 0.25) is 0 Å². The second-order valence-corrected chi connectivity index (χ2v) is 8.85. The lowest BCUT2D eigenvalue weighted by Gasteiger charge is -2.42. The van der Waals surface area contributed by atoms with Gasteiger partial charge in [-0.2, -0.15) is 0 Å². The summed E-state index contributed by atoms with van der Waals surface area (Å²) in [7, 11) is 0. The lowest BCUT2D eigenvalue weighted by atomic mass is 9.88. The van der Waals surface area contributed by atoms with Crippen LogP contribution in [0, 0.1) is 0 Å². The summed E-state index contributed by atoms with van der Waals surface area (Å²) in [5, 5.41) is -0.264. The third-order valence-electron chi connectivity index (χ3n) is 5.42. The largest absolute Gasteiger partial charge is 0.363 e. The van der Waals surface area contributed by atoms with Crippen molar-refractivity contribution in [1.29, 1.82) is 0 Å². The number of thioether (sulfide) groups is 1. The number of imide groups is 1. The first kappa shape index (κ1) is 19.5. The maximum Gasteiger partial charge on any atom is 0.298 e. The summed E-state index contributed by atoms with van der Waals surface area (Å²) in [6.45, 7) is 9.64. The average molecular weight is 405 g/mol.